The standard InChI is InChI=1S/C22H27NO4.CH4O/c1-22(2,3)27-21(25)23-19-10-6-18(7-11-19)14-16-26-20-12-8-17(9-13-20)5-4-15-24;1-2/h6-13,15H,4-5,14,16H2,1-3H3,(H,23,25);2H,1H3. The van der Waals surface area contributed by atoms with Crippen LogP contribution in [0.3, 0.4) is 0 Å². The van der Waals surface area contributed by atoms with E-state index in [1.54, 1.807) is 0 Å². The zero-order chi connectivity index (χ0) is 21.7. The highest BCUT2D eigenvalue weighted by Gasteiger charge is 2.16. The molecule has 0 fully saturated rings. The predicted molar refractivity (Wildman–Crippen MR) is 114 cm³/mol. The number of hydrogen-bond acceptors (Lipinski definition) is 5. The third-order valence-electron chi connectivity index (χ3n) is 3.73. The van der Waals surface area contributed by atoms with Crippen molar-refractivity contribution in [2.45, 2.75) is 45.6 Å². The molecule has 0 heterocycles. The van der Waals surface area contributed by atoms with E-state index in [0.29, 0.717) is 18.7 Å². The van der Waals surface area contributed by atoms with Crippen LogP contribution in [0, 0.1) is 0 Å². The first-order valence-electron chi connectivity index (χ1n) is 9.55. The van der Waals surface area contributed by atoms with Gasteiger partial charge >= 0.3 is 6.09 Å². The molecule has 6 nitrogen and oxygen atoms in total. The van der Waals surface area contributed by atoms with Gasteiger partial charge in [0.2, 0.25) is 0 Å². The van der Waals surface area contributed by atoms with Gasteiger partial charge in [-0.05, 0) is 62.6 Å². The van der Waals surface area contributed by atoms with E-state index in [9.17, 15) is 9.59 Å². The fraction of sp³-hybridized carbons (Fsp3) is 0.391. The van der Waals surface area contributed by atoms with Gasteiger partial charge in [-0.1, -0.05) is 24.3 Å². The second-order valence-corrected chi connectivity index (χ2v) is 7.27. The van der Waals surface area contributed by atoms with Crippen LogP contribution in [0.2, 0.25) is 0 Å². The average molecular weight is 402 g/mol. The molecule has 1 amide bonds. The van der Waals surface area contributed by atoms with E-state index >= 15 is 0 Å². The largest absolute Gasteiger partial charge is 0.493 e. The van der Waals surface area contributed by atoms with Gasteiger partial charge in [0.15, 0.2) is 0 Å². The van der Waals surface area contributed by atoms with Crippen LogP contribution in [0.5, 0.6) is 5.75 Å². The number of aliphatic hydroxyl groups excluding tert-OH is 1. The fourth-order valence-corrected chi connectivity index (χ4v) is 2.44. The molecule has 0 saturated heterocycles. The number of nitrogens with one attached hydrogen (secondary N) is 1. The first-order valence-corrected chi connectivity index (χ1v) is 9.55. The molecule has 0 bridgehead atoms. The normalized spacial score (nSPS) is 10.4. The van der Waals surface area contributed by atoms with Crippen LogP contribution in [0.4, 0.5) is 10.5 Å². The number of rotatable bonds is 8. The number of benzene rings is 2. The van der Waals surface area contributed by atoms with Crippen molar-refractivity contribution in [3.8, 4) is 5.75 Å². The molecule has 2 aromatic carbocycles. The predicted octanol–water partition coefficient (Wildman–Crippen LogP) is 4.40. The molecule has 0 aliphatic heterocycles. The summed E-state index contributed by atoms with van der Waals surface area (Å²) in [6, 6.07) is 15.4. The summed E-state index contributed by atoms with van der Waals surface area (Å²) in [5.41, 5.74) is 2.42. The number of carbonyl (C=O) groups excluding carboxylic acids is 2. The lowest BCUT2D eigenvalue weighted by Crippen LogP contribution is -2.27. The van der Waals surface area contributed by atoms with Gasteiger partial charge < -0.3 is 19.4 Å². The first kappa shape index (κ1) is 24.2. The van der Waals surface area contributed by atoms with Crippen molar-refractivity contribution in [2.75, 3.05) is 19.0 Å². The van der Waals surface area contributed by atoms with Crippen LogP contribution in [-0.4, -0.2) is 36.8 Å². The minimum Gasteiger partial charge on any atom is -0.493 e. The summed E-state index contributed by atoms with van der Waals surface area (Å²) < 4.78 is 11.0. The van der Waals surface area contributed by atoms with E-state index in [-0.39, 0.29) is 0 Å². The van der Waals surface area contributed by atoms with Crippen LogP contribution in [0.25, 0.3) is 0 Å². The van der Waals surface area contributed by atoms with Crippen molar-refractivity contribution >= 4 is 18.1 Å². The molecule has 0 radical (unpaired) electrons. The summed E-state index contributed by atoms with van der Waals surface area (Å²) in [4.78, 5) is 22.2. The van der Waals surface area contributed by atoms with Crippen molar-refractivity contribution in [1.29, 1.82) is 0 Å². The molecular formula is C23H31NO5. The average Bonchev–Trinajstić information content (AvgIpc) is 2.69. The van der Waals surface area contributed by atoms with Crippen molar-refractivity contribution in [3.63, 3.8) is 0 Å². The first-order chi connectivity index (χ1) is 13.9. The van der Waals surface area contributed by atoms with Gasteiger partial charge in [0.25, 0.3) is 0 Å². The topological polar surface area (TPSA) is 84.9 Å². The van der Waals surface area contributed by atoms with Crippen LogP contribution >= 0.6 is 0 Å². The molecule has 0 atom stereocenters. The van der Waals surface area contributed by atoms with E-state index in [1.165, 1.54) is 0 Å². The minimum absolute atomic E-state index is 0.463. The van der Waals surface area contributed by atoms with E-state index in [2.05, 4.69) is 5.32 Å². The van der Waals surface area contributed by atoms with Crippen molar-refractivity contribution in [3.05, 3.63) is 59.7 Å². The highest BCUT2D eigenvalue weighted by atomic mass is 16.6. The Labute approximate surface area is 172 Å². The number of aliphatic hydroxyl groups is 1. The number of aldehydes is 1. The third-order valence-corrected chi connectivity index (χ3v) is 3.73. The number of amides is 1. The summed E-state index contributed by atoms with van der Waals surface area (Å²) >= 11 is 0. The van der Waals surface area contributed by atoms with E-state index in [4.69, 9.17) is 14.6 Å². The molecule has 0 aliphatic carbocycles. The molecule has 2 aromatic rings. The Morgan fingerprint density at radius 2 is 1.52 bits per heavy atom. The van der Waals surface area contributed by atoms with Gasteiger partial charge in [0, 0.05) is 25.6 Å². The zero-order valence-electron chi connectivity index (χ0n) is 17.6. The van der Waals surface area contributed by atoms with Crippen molar-refractivity contribution in [1.82, 2.24) is 0 Å². The number of hydrogen-bond donors (Lipinski definition) is 2. The maximum atomic E-state index is 11.8. The number of aryl methyl sites for hydroxylation is 1. The monoisotopic (exact) mass is 401 g/mol. The van der Waals surface area contributed by atoms with E-state index < -0.39 is 11.7 Å². The van der Waals surface area contributed by atoms with Crippen LogP contribution < -0.4 is 10.1 Å². The number of anilines is 1. The number of carbonyl (C=O) groups is 2. The third kappa shape index (κ3) is 10.3. The number of ether oxygens (including phenoxy) is 2. The van der Waals surface area contributed by atoms with Gasteiger partial charge in [-0.15, -0.1) is 0 Å². The quantitative estimate of drug-likeness (QED) is 0.641. The van der Waals surface area contributed by atoms with Crippen molar-refractivity contribution in [2.24, 2.45) is 0 Å². The van der Waals surface area contributed by atoms with Crippen LogP contribution in [0.15, 0.2) is 48.5 Å². The molecule has 2 N–H and O–H groups in total. The minimum atomic E-state index is -0.520. The molecule has 0 aliphatic rings. The Bertz CT molecular complexity index is 733. The second kappa shape index (κ2) is 12.6. The summed E-state index contributed by atoms with van der Waals surface area (Å²) in [5, 5.41) is 9.71. The van der Waals surface area contributed by atoms with Gasteiger partial charge in [-0.3, -0.25) is 5.32 Å². The Balaban J connectivity index is 0.00000204. The lowest BCUT2D eigenvalue weighted by atomic mass is 10.1. The van der Waals surface area contributed by atoms with E-state index in [1.807, 2.05) is 69.3 Å². The van der Waals surface area contributed by atoms with Crippen LogP contribution in [-0.2, 0) is 22.4 Å². The maximum absolute atomic E-state index is 11.8. The molecule has 2 rings (SSSR count). The fourth-order valence-electron chi connectivity index (χ4n) is 2.44. The SMILES string of the molecule is CC(C)(C)OC(=O)Nc1ccc(CCOc2ccc(CCC=O)cc2)cc1.CO. The van der Waals surface area contributed by atoms with E-state index in [0.717, 1.165) is 43.1 Å². The Hall–Kier alpha value is -2.86. The smallest absolute Gasteiger partial charge is 0.412 e. The second-order valence-electron chi connectivity index (χ2n) is 7.27. The summed E-state index contributed by atoms with van der Waals surface area (Å²) in [6.45, 7) is 6.05. The van der Waals surface area contributed by atoms with Gasteiger partial charge in [0.05, 0.1) is 6.61 Å². The molecule has 0 spiro atoms. The Morgan fingerprint density at radius 1 is 0.966 bits per heavy atom. The molecular weight excluding hydrogens is 370 g/mol. The summed E-state index contributed by atoms with van der Waals surface area (Å²) in [7, 11) is 1.00. The van der Waals surface area contributed by atoms with Gasteiger partial charge in [-0.2, -0.15) is 0 Å². The molecule has 0 saturated carbocycles. The van der Waals surface area contributed by atoms with Crippen molar-refractivity contribution < 1.29 is 24.2 Å². The Morgan fingerprint density at radius 3 is 2.07 bits per heavy atom. The summed E-state index contributed by atoms with van der Waals surface area (Å²) in [5.74, 6) is 0.813. The van der Waals surface area contributed by atoms with Gasteiger partial charge in [0.1, 0.15) is 17.6 Å². The molecule has 0 unspecified atom stereocenters. The highest BCUT2D eigenvalue weighted by molar-refractivity contribution is 5.84. The van der Waals surface area contributed by atoms with Gasteiger partial charge in [-0.25, -0.2) is 4.79 Å². The maximum Gasteiger partial charge on any atom is 0.412 e. The molecule has 6 heteroatoms. The highest BCUT2D eigenvalue weighted by Crippen LogP contribution is 2.15. The van der Waals surface area contributed by atoms with Crippen LogP contribution in [0.1, 0.15) is 38.3 Å². The zero-order valence-corrected chi connectivity index (χ0v) is 17.6. The lowest BCUT2D eigenvalue weighted by molar-refractivity contribution is -0.107. The Kier molecular flexibility index (Phi) is 10.5. The molecule has 158 valence electrons. The lowest BCUT2D eigenvalue weighted by Gasteiger charge is -2.19. The summed E-state index contributed by atoms with van der Waals surface area (Å²) in [6.07, 6.45) is 2.53. The molecule has 0 aromatic heterocycles. The molecule has 29 heavy (non-hydrogen) atoms.